The van der Waals surface area contributed by atoms with Gasteiger partial charge in [0, 0.05) is 18.8 Å². The average molecular weight is 304 g/mol. The maximum absolute atomic E-state index is 12.2. The van der Waals surface area contributed by atoms with Crippen molar-refractivity contribution in [2.75, 3.05) is 31.6 Å². The molecule has 0 unspecified atom stereocenters. The normalized spacial score (nSPS) is 10.1. The number of nitrogens with zero attached hydrogens (tertiary/aromatic N) is 1. The molecular formula is C18H28N2O2. The highest BCUT2D eigenvalue weighted by Gasteiger charge is 2.10. The Balaban J connectivity index is 2.46. The second kappa shape index (κ2) is 9.87. The van der Waals surface area contributed by atoms with Crippen molar-refractivity contribution in [1.29, 1.82) is 0 Å². The third-order valence-electron chi connectivity index (χ3n) is 3.12. The van der Waals surface area contributed by atoms with Gasteiger partial charge in [0.25, 0.3) is 0 Å². The molecule has 1 rings (SSSR count). The number of amides is 1. The summed E-state index contributed by atoms with van der Waals surface area (Å²) in [7, 11) is 0. The fourth-order valence-electron chi connectivity index (χ4n) is 2.07. The Labute approximate surface area is 134 Å². The van der Waals surface area contributed by atoms with Crippen LogP contribution in [0.15, 0.2) is 36.4 Å². The predicted molar refractivity (Wildman–Crippen MR) is 92.4 cm³/mol. The van der Waals surface area contributed by atoms with Gasteiger partial charge in [0.1, 0.15) is 12.4 Å². The van der Waals surface area contributed by atoms with Crippen LogP contribution in [0.2, 0.25) is 0 Å². The van der Waals surface area contributed by atoms with Crippen LogP contribution in [0, 0.1) is 0 Å². The Hall–Kier alpha value is -1.97. The first-order valence-corrected chi connectivity index (χ1v) is 7.95. The summed E-state index contributed by atoms with van der Waals surface area (Å²) in [6.45, 7) is 12.4. The molecule has 0 saturated heterocycles. The largest absolute Gasteiger partial charge is 0.489 e. The molecule has 0 fully saturated rings. The molecule has 122 valence electrons. The number of rotatable bonds is 10. The van der Waals surface area contributed by atoms with Gasteiger partial charge in [-0.05, 0) is 49.6 Å². The number of anilines is 1. The highest BCUT2D eigenvalue weighted by Crippen LogP contribution is 2.16. The number of carbonyl (C=O) groups excluding carboxylic acids is 1. The van der Waals surface area contributed by atoms with E-state index in [2.05, 4.69) is 25.7 Å². The lowest BCUT2D eigenvalue weighted by molar-refractivity contribution is -0.129. The van der Waals surface area contributed by atoms with Crippen LogP contribution in [-0.4, -0.2) is 37.0 Å². The molecule has 1 aromatic carbocycles. The minimum absolute atomic E-state index is 0.145. The first-order chi connectivity index (χ1) is 10.6. The van der Waals surface area contributed by atoms with Crippen molar-refractivity contribution in [3.8, 4) is 5.75 Å². The summed E-state index contributed by atoms with van der Waals surface area (Å²) in [6, 6.07) is 7.63. The molecule has 0 radical (unpaired) electrons. The van der Waals surface area contributed by atoms with E-state index in [1.807, 2.05) is 36.1 Å². The van der Waals surface area contributed by atoms with Crippen LogP contribution in [-0.2, 0) is 4.79 Å². The number of carbonyl (C=O) groups is 1. The summed E-state index contributed by atoms with van der Waals surface area (Å²) in [4.78, 5) is 14.1. The van der Waals surface area contributed by atoms with Crippen molar-refractivity contribution in [3.63, 3.8) is 0 Å². The molecule has 4 nitrogen and oxygen atoms in total. The molecule has 0 aromatic heterocycles. The molecule has 22 heavy (non-hydrogen) atoms. The van der Waals surface area contributed by atoms with Crippen molar-refractivity contribution in [2.45, 2.75) is 33.6 Å². The Kier molecular flexibility index (Phi) is 8.11. The Morgan fingerprint density at radius 3 is 2.27 bits per heavy atom. The molecule has 1 N–H and O–H groups in total. The summed E-state index contributed by atoms with van der Waals surface area (Å²) in [5.74, 6) is 0.949. The van der Waals surface area contributed by atoms with Crippen LogP contribution in [0.25, 0.3) is 0 Å². The van der Waals surface area contributed by atoms with Crippen LogP contribution in [0.1, 0.15) is 33.6 Å². The molecule has 0 aliphatic rings. The third kappa shape index (κ3) is 6.66. The minimum atomic E-state index is 0.145. The standard InChI is InChI=1S/C18H28N2O2/c1-5-11-20(12-6-2)18(21)13-19-16-7-9-17(10-8-16)22-14-15(3)4/h7-10,19H,3,5-6,11-14H2,1-2,4H3. The zero-order valence-electron chi connectivity index (χ0n) is 14.0. The van der Waals surface area contributed by atoms with Crippen LogP contribution < -0.4 is 10.1 Å². The van der Waals surface area contributed by atoms with Crippen LogP contribution in [0.5, 0.6) is 5.75 Å². The van der Waals surface area contributed by atoms with Gasteiger partial charge in [-0.25, -0.2) is 0 Å². The first-order valence-electron chi connectivity index (χ1n) is 7.95. The summed E-state index contributed by atoms with van der Waals surface area (Å²) in [6.07, 6.45) is 1.97. The molecule has 0 aliphatic carbocycles. The molecule has 4 heteroatoms. The molecular weight excluding hydrogens is 276 g/mol. The van der Waals surface area contributed by atoms with Gasteiger partial charge in [-0.15, -0.1) is 0 Å². The van der Waals surface area contributed by atoms with E-state index in [1.165, 1.54) is 0 Å². The van der Waals surface area contributed by atoms with Gasteiger partial charge < -0.3 is 15.0 Å². The number of hydrogen-bond donors (Lipinski definition) is 1. The number of benzene rings is 1. The maximum atomic E-state index is 12.2. The maximum Gasteiger partial charge on any atom is 0.241 e. The monoisotopic (exact) mass is 304 g/mol. The number of ether oxygens (including phenoxy) is 1. The average Bonchev–Trinajstić information content (AvgIpc) is 2.51. The molecule has 0 heterocycles. The van der Waals surface area contributed by atoms with Gasteiger partial charge in [-0.3, -0.25) is 4.79 Å². The third-order valence-corrected chi connectivity index (χ3v) is 3.12. The first kappa shape index (κ1) is 18.1. The van der Waals surface area contributed by atoms with E-state index in [1.54, 1.807) is 0 Å². The molecule has 0 aliphatic heterocycles. The van der Waals surface area contributed by atoms with Gasteiger partial charge in [0.2, 0.25) is 5.91 Å². The highest BCUT2D eigenvalue weighted by molar-refractivity contribution is 5.80. The lowest BCUT2D eigenvalue weighted by atomic mass is 10.3. The van der Waals surface area contributed by atoms with E-state index >= 15 is 0 Å². The zero-order chi connectivity index (χ0) is 16.4. The van der Waals surface area contributed by atoms with Gasteiger partial charge in [0.15, 0.2) is 0 Å². The van der Waals surface area contributed by atoms with Crippen molar-refractivity contribution in [1.82, 2.24) is 4.90 Å². The summed E-state index contributed by atoms with van der Waals surface area (Å²) >= 11 is 0. The van der Waals surface area contributed by atoms with Crippen LogP contribution in [0.4, 0.5) is 5.69 Å². The van der Waals surface area contributed by atoms with Gasteiger partial charge in [0.05, 0.1) is 6.54 Å². The fourth-order valence-corrected chi connectivity index (χ4v) is 2.07. The van der Waals surface area contributed by atoms with E-state index in [0.717, 1.165) is 42.9 Å². The lowest BCUT2D eigenvalue weighted by Gasteiger charge is -2.21. The van der Waals surface area contributed by atoms with E-state index in [-0.39, 0.29) is 5.91 Å². The van der Waals surface area contributed by atoms with Gasteiger partial charge >= 0.3 is 0 Å². The van der Waals surface area contributed by atoms with Crippen LogP contribution in [0.3, 0.4) is 0 Å². The molecule has 0 atom stereocenters. The fraction of sp³-hybridized carbons (Fsp3) is 0.500. The molecule has 0 bridgehead atoms. The van der Waals surface area contributed by atoms with Crippen molar-refractivity contribution in [3.05, 3.63) is 36.4 Å². The topological polar surface area (TPSA) is 41.6 Å². The number of nitrogens with one attached hydrogen (secondary N) is 1. The van der Waals surface area contributed by atoms with Gasteiger partial charge in [-0.2, -0.15) is 0 Å². The minimum Gasteiger partial charge on any atom is -0.489 e. The lowest BCUT2D eigenvalue weighted by Crippen LogP contribution is -2.36. The Morgan fingerprint density at radius 2 is 1.77 bits per heavy atom. The van der Waals surface area contributed by atoms with E-state index in [9.17, 15) is 4.79 Å². The van der Waals surface area contributed by atoms with Crippen molar-refractivity contribution >= 4 is 11.6 Å². The van der Waals surface area contributed by atoms with Crippen LogP contribution >= 0.6 is 0 Å². The molecule has 1 aromatic rings. The quantitative estimate of drug-likeness (QED) is 0.670. The second-order valence-electron chi connectivity index (χ2n) is 5.50. The van der Waals surface area contributed by atoms with E-state index < -0.39 is 0 Å². The summed E-state index contributed by atoms with van der Waals surface area (Å²) in [5.41, 5.74) is 1.91. The Morgan fingerprint density at radius 1 is 1.18 bits per heavy atom. The van der Waals surface area contributed by atoms with E-state index in [4.69, 9.17) is 4.74 Å². The SMILES string of the molecule is C=C(C)COc1ccc(NCC(=O)N(CCC)CCC)cc1. The Bertz CT molecular complexity index is 462. The molecule has 0 saturated carbocycles. The van der Waals surface area contributed by atoms with Crippen molar-refractivity contribution in [2.24, 2.45) is 0 Å². The summed E-state index contributed by atoms with van der Waals surface area (Å²) in [5, 5.41) is 3.17. The predicted octanol–water partition coefficient (Wildman–Crippen LogP) is 3.70. The highest BCUT2D eigenvalue weighted by atomic mass is 16.5. The molecule has 1 amide bonds. The van der Waals surface area contributed by atoms with Gasteiger partial charge in [-0.1, -0.05) is 20.4 Å². The molecule has 0 spiro atoms. The number of hydrogen-bond acceptors (Lipinski definition) is 3. The van der Waals surface area contributed by atoms with Crippen molar-refractivity contribution < 1.29 is 9.53 Å². The zero-order valence-corrected chi connectivity index (χ0v) is 14.0. The second-order valence-corrected chi connectivity index (χ2v) is 5.50. The summed E-state index contributed by atoms with van der Waals surface area (Å²) < 4.78 is 5.55. The smallest absolute Gasteiger partial charge is 0.241 e. The van der Waals surface area contributed by atoms with E-state index in [0.29, 0.717) is 13.2 Å².